The molecule has 0 saturated heterocycles. The third-order valence-corrected chi connectivity index (χ3v) is 3.96. The minimum Gasteiger partial charge on any atom is -0.358 e. The lowest BCUT2D eigenvalue weighted by Crippen LogP contribution is -2.03. The first-order chi connectivity index (χ1) is 11.0. The first-order valence-electron chi connectivity index (χ1n) is 7.28. The molecule has 0 unspecified atom stereocenters. The van der Waals surface area contributed by atoms with Gasteiger partial charge in [0.1, 0.15) is 11.6 Å². The number of aromatic nitrogens is 3. The Bertz CT molecular complexity index is 963. The summed E-state index contributed by atoms with van der Waals surface area (Å²) < 4.78 is 0. The monoisotopic (exact) mass is 304 g/mol. The molecule has 0 bridgehead atoms. The Morgan fingerprint density at radius 3 is 2.61 bits per heavy atom. The van der Waals surface area contributed by atoms with Crippen LogP contribution in [0.15, 0.2) is 29.8 Å². The van der Waals surface area contributed by atoms with Gasteiger partial charge in [0.25, 0.3) is 0 Å². The maximum absolute atomic E-state index is 12.9. The van der Waals surface area contributed by atoms with Gasteiger partial charge < -0.3 is 4.98 Å². The predicted molar refractivity (Wildman–Crippen MR) is 89.0 cm³/mol. The number of aryl methyl sites for hydroxylation is 3. The fourth-order valence-electron chi connectivity index (χ4n) is 2.77. The first-order valence-corrected chi connectivity index (χ1v) is 7.28. The zero-order valence-corrected chi connectivity index (χ0v) is 13.2. The number of ketones is 1. The normalized spacial score (nSPS) is 11.7. The maximum Gasteiger partial charge on any atom is 0.205 e. The lowest BCUT2D eigenvalue weighted by atomic mass is 9.99. The Labute approximate surface area is 133 Å². The standard InChI is InChI=1S/C18H16N4O/c1-10-15(11(2)22-21-10)8-13(9-19)18(23)17-12(3)20-16-7-5-4-6-14(16)17/h4-8,20H,1-3H3,(H,21,22). The molecule has 0 saturated carbocycles. The van der Waals surface area contributed by atoms with Gasteiger partial charge in [0.05, 0.1) is 11.3 Å². The number of nitriles is 1. The van der Waals surface area contributed by atoms with Gasteiger partial charge in [-0.05, 0) is 32.9 Å². The van der Waals surface area contributed by atoms with Crippen molar-refractivity contribution < 1.29 is 4.79 Å². The fourth-order valence-corrected chi connectivity index (χ4v) is 2.77. The molecule has 0 atom stereocenters. The summed E-state index contributed by atoms with van der Waals surface area (Å²) in [6.45, 7) is 5.55. The van der Waals surface area contributed by atoms with Crippen LogP contribution in [-0.2, 0) is 0 Å². The molecular formula is C18H16N4O. The molecule has 0 aliphatic rings. The Kier molecular flexibility index (Phi) is 3.59. The van der Waals surface area contributed by atoms with Crippen LogP contribution in [-0.4, -0.2) is 21.0 Å². The van der Waals surface area contributed by atoms with Crippen LogP contribution in [0.2, 0.25) is 0 Å². The van der Waals surface area contributed by atoms with E-state index < -0.39 is 0 Å². The van der Waals surface area contributed by atoms with Crippen LogP contribution >= 0.6 is 0 Å². The number of nitrogens with zero attached hydrogens (tertiary/aromatic N) is 2. The van der Waals surface area contributed by atoms with Gasteiger partial charge in [-0.2, -0.15) is 10.4 Å². The van der Waals surface area contributed by atoms with E-state index in [0.29, 0.717) is 5.56 Å². The molecule has 5 heteroatoms. The predicted octanol–water partition coefficient (Wildman–Crippen LogP) is 3.61. The van der Waals surface area contributed by atoms with Crippen molar-refractivity contribution in [2.45, 2.75) is 20.8 Å². The summed E-state index contributed by atoms with van der Waals surface area (Å²) in [5.41, 5.74) is 4.68. The van der Waals surface area contributed by atoms with Gasteiger partial charge in [0.2, 0.25) is 5.78 Å². The summed E-state index contributed by atoms with van der Waals surface area (Å²) in [6.07, 6.45) is 1.61. The lowest BCUT2D eigenvalue weighted by molar-refractivity contribution is 0.104. The third kappa shape index (κ3) is 2.44. The van der Waals surface area contributed by atoms with Crippen molar-refractivity contribution >= 4 is 22.8 Å². The SMILES string of the molecule is Cc1n[nH]c(C)c1C=C(C#N)C(=O)c1c(C)[nH]c2ccccc12. The fraction of sp³-hybridized carbons (Fsp3) is 0.167. The summed E-state index contributed by atoms with van der Waals surface area (Å²) in [5, 5.41) is 17.2. The van der Waals surface area contributed by atoms with Crippen molar-refractivity contribution in [1.82, 2.24) is 15.2 Å². The van der Waals surface area contributed by atoms with E-state index in [9.17, 15) is 10.1 Å². The molecule has 5 nitrogen and oxygen atoms in total. The number of H-pyrrole nitrogens is 2. The zero-order chi connectivity index (χ0) is 16.6. The molecule has 0 spiro atoms. The van der Waals surface area contributed by atoms with Crippen molar-refractivity contribution in [3.63, 3.8) is 0 Å². The van der Waals surface area contributed by atoms with Gasteiger partial charge in [-0.15, -0.1) is 0 Å². The highest BCUT2D eigenvalue weighted by molar-refractivity contribution is 6.20. The molecule has 1 aromatic carbocycles. The van der Waals surface area contributed by atoms with Crippen LogP contribution < -0.4 is 0 Å². The number of aromatic amines is 2. The molecular weight excluding hydrogens is 288 g/mol. The van der Waals surface area contributed by atoms with Gasteiger partial charge >= 0.3 is 0 Å². The largest absolute Gasteiger partial charge is 0.358 e. The van der Waals surface area contributed by atoms with E-state index in [0.717, 1.165) is 33.5 Å². The van der Waals surface area contributed by atoms with Crippen LogP contribution in [0, 0.1) is 32.1 Å². The Hall–Kier alpha value is -3.13. The number of rotatable bonds is 3. The van der Waals surface area contributed by atoms with Gasteiger partial charge in [0.15, 0.2) is 0 Å². The topological polar surface area (TPSA) is 85.3 Å². The van der Waals surface area contributed by atoms with Gasteiger partial charge in [-0.3, -0.25) is 9.89 Å². The lowest BCUT2D eigenvalue weighted by Gasteiger charge is -2.01. The highest BCUT2D eigenvalue weighted by Gasteiger charge is 2.20. The van der Waals surface area contributed by atoms with Crippen LogP contribution in [0.1, 0.15) is 33.0 Å². The van der Waals surface area contributed by atoms with Gasteiger partial charge in [0, 0.05) is 27.9 Å². The minimum atomic E-state index is -0.276. The van der Waals surface area contributed by atoms with E-state index in [1.54, 1.807) is 6.08 Å². The second kappa shape index (κ2) is 5.58. The van der Waals surface area contributed by atoms with Gasteiger partial charge in [-0.25, -0.2) is 0 Å². The van der Waals surface area contributed by atoms with Crippen LogP contribution in [0.3, 0.4) is 0 Å². The van der Waals surface area contributed by atoms with Crippen molar-refractivity contribution in [2.75, 3.05) is 0 Å². The van der Waals surface area contributed by atoms with Crippen molar-refractivity contribution in [2.24, 2.45) is 0 Å². The highest BCUT2D eigenvalue weighted by Crippen LogP contribution is 2.25. The summed E-state index contributed by atoms with van der Waals surface area (Å²) in [7, 11) is 0. The average molecular weight is 304 g/mol. The van der Waals surface area contributed by atoms with Crippen LogP contribution in [0.25, 0.3) is 17.0 Å². The molecule has 3 rings (SSSR count). The molecule has 0 aliphatic heterocycles. The van der Waals surface area contributed by atoms with Crippen molar-refractivity contribution in [1.29, 1.82) is 5.26 Å². The molecule has 0 fully saturated rings. The Morgan fingerprint density at radius 1 is 1.22 bits per heavy atom. The third-order valence-electron chi connectivity index (χ3n) is 3.96. The number of allylic oxidation sites excluding steroid dienone is 1. The van der Waals surface area contributed by atoms with Crippen molar-refractivity contribution in [3.8, 4) is 6.07 Å². The second-order valence-electron chi connectivity index (χ2n) is 5.52. The molecule has 114 valence electrons. The number of fused-ring (bicyclic) bond motifs is 1. The molecule has 2 aromatic heterocycles. The second-order valence-corrected chi connectivity index (χ2v) is 5.52. The number of hydrogen-bond donors (Lipinski definition) is 2. The van der Waals surface area contributed by atoms with E-state index in [1.165, 1.54) is 0 Å². The number of benzene rings is 1. The smallest absolute Gasteiger partial charge is 0.205 e. The summed E-state index contributed by atoms with van der Waals surface area (Å²) in [5.74, 6) is -0.276. The van der Waals surface area contributed by atoms with E-state index in [4.69, 9.17) is 0 Å². The van der Waals surface area contributed by atoms with Crippen LogP contribution in [0.5, 0.6) is 0 Å². The van der Waals surface area contributed by atoms with E-state index in [2.05, 4.69) is 15.2 Å². The number of Topliss-reactive ketones (excluding diaryl/α,β-unsaturated/α-hetero) is 1. The highest BCUT2D eigenvalue weighted by atomic mass is 16.1. The molecule has 0 radical (unpaired) electrons. The number of nitrogens with one attached hydrogen (secondary N) is 2. The summed E-state index contributed by atoms with van der Waals surface area (Å²) in [4.78, 5) is 16.1. The quantitative estimate of drug-likeness (QED) is 0.440. The molecule has 2 N–H and O–H groups in total. The molecule has 23 heavy (non-hydrogen) atoms. The number of carbonyl (C=O) groups is 1. The first kappa shape index (κ1) is 14.8. The number of hydrogen-bond acceptors (Lipinski definition) is 3. The molecule has 2 heterocycles. The van der Waals surface area contributed by atoms with Gasteiger partial charge in [-0.1, -0.05) is 18.2 Å². The Morgan fingerprint density at radius 2 is 1.96 bits per heavy atom. The average Bonchev–Trinajstić information content (AvgIpc) is 3.03. The van der Waals surface area contributed by atoms with E-state index in [-0.39, 0.29) is 11.4 Å². The molecule has 0 amide bonds. The molecule has 3 aromatic rings. The summed E-state index contributed by atoms with van der Waals surface area (Å²) >= 11 is 0. The zero-order valence-electron chi connectivity index (χ0n) is 13.2. The van der Waals surface area contributed by atoms with Crippen LogP contribution in [0.4, 0.5) is 0 Å². The molecule has 0 aliphatic carbocycles. The summed E-state index contributed by atoms with van der Waals surface area (Å²) in [6, 6.07) is 9.62. The van der Waals surface area contributed by atoms with E-state index >= 15 is 0 Å². The van der Waals surface area contributed by atoms with Crippen molar-refractivity contribution in [3.05, 3.63) is 58.0 Å². The number of carbonyl (C=O) groups excluding carboxylic acids is 1. The maximum atomic E-state index is 12.9. The Balaban J connectivity index is 2.14. The van der Waals surface area contributed by atoms with E-state index in [1.807, 2.05) is 51.1 Å². The number of para-hydroxylation sites is 1. The minimum absolute atomic E-state index is 0.102.